The van der Waals surface area contributed by atoms with Crippen molar-refractivity contribution in [1.29, 1.82) is 0 Å². The molecule has 0 unspecified atom stereocenters. The van der Waals surface area contributed by atoms with Gasteiger partial charge in [-0.25, -0.2) is 0 Å². The molecule has 0 amide bonds. The Hall–Kier alpha value is -0.720. The topological polar surface area (TPSA) is 26.0 Å². The molecular formula is C8H15N. The average Bonchev–Trinajstić information content (AvgIpc) is 1.85. The van der Waals surface area contributed by atoms with Crippen LogP contribution in [0.25, 0.3) is 0 Å². The minimum atomic E-state index is 1.15. The van der Waals surface area contributed by atoms with Gasteiger partial charge >= 0.3 is 0 Å². The van der Waals surface area contributed by atoms with Gasteiger partial charge in [0.25, 0.3) is 0 Å². The molecule has 0 bridgehead atoms. The van der Waals surface area contributed by atoms with Gasteiger partial charge in [0, 0.05) is 0 Å². The smallest absolute Gasteiger partial charge is 0.00598 e. The van der Waals surface area contributed by atoms with E-state index in [2.05, 4.69) is 19.9 Å². The lowest BCUT2D eigenvalue weighted by molar-refractivity contribution is 0.952. The highest BCUT2D eigenvalue weighted by molar-refractivity contribution is 5.14. The molecule has 0 saturated heterocycles. The van der Waals surface area contributed by atoms with E-state index in [1.165, 1.54) is 12.0 Å². The summed E-state index contributed by atoms with van der Waals surface area (Å²) in [5, 5.41) is 0. The van der Waals surface area contributed by atoms with Gasteiger partial charge in [-0.1, -0.05) is 25.0 Å². The first-order valence-electron chi connectivity index (χ1n) is 3.36. The van der Waals surface area contributed by atoms with E-state index in [-0.39, 0.29) is 0 Å². The molecule has 0 fully saturated rings. The second-order valence-corrected chi connectivity index (χ2v) is 2.10. The number of nitrogens with two attached hydrogens (primary N) is 1. The van der Waals surface area contributed by atoms with Gasteiger partial charge in [-0.3, -0.25) is 0 Å². The molecule has 0 heterocycles. The van der Waals surface area contributed by atoms with Gasteiger partial charge < -0.3 is 5.73 Å². The molecular weight excluding hydrogens is 110 g/mol. The lowest BCUT2D eigenvalue weighted by atomic mass is 10.2. The molecule has 1 heteroatoms. The summed E-state index contributed by atoms with van der Waals surface area (Å²) < 4.78 is 0. The first-order chi connectivity index (χ1) is 4.31. The van der Waals surface area contributed by atoms with Crippen LogP contribution in [0.4, 0.5) is 0 Å². The van der Waals surface area contributed by atoms with E-state index in [9.17, 15) is 0 Å². The summed E-state index contributed by atoms with van der Waals surface area (Å²) in [4.78, 5) is 0. The molecule has 0 rings (SSSR count). The molecule has 0 saturated carbocycles. The number of unbranched alkanes of at least 4 members (excludes halogenated alkanes) is 1. The third kappa shape index (κ3) is 5.15. The van der Waals surface area contributed by atoms with Crippen LogP contribution >= 0.6 is 0 Å². The van der Waals surface area contributed by atoms with Crippen LogP contribution in [0.1, 0.15) is 26.7 Å². The highest BCUT2D eigenvalue weighted by Gasteiger charge is 1.77. The Labute approximate surface area is 57.3 Å². The summed E-state index contributed by atoms with van der Waals surface area (Å²) in [7, 11) is 0. The summed E-state index contributed by atoms with van der Waals surface area (Å²) in [6, 6.07) is 0. The third-order valence-electron chi connectivity index (χ3n) is 1.11. The van der Waals surface area contributed by atoms with Crippen LogP contribution in [0.3, 0.4) is 0 Å². The summed E-state index contributed by atoms with van der Waals surface area (Å²) in [5.41, 5.74) is 6.43. The standard InChI is InChI=1S/C8H15N/c1-3-4-5-8(2)6-7-9/h5-7H,3-4,9H2,1-2H3/b7-6-,8-5-. The van der Waals surface area contributed by atoms with Crippen LogP contribution in [-0.4, -0.2) is 0 Å². The van der Waals surface area contributed by atoms with Gasteiger partial charge in [0.05, 0.1) is 0 Å². The van der Waals surface area contributed by atoms with Crippen molar-refractivity contribution in [3.8, 4) is 0 Å². The Morgan fingerprint density at radius 3 is 2.67 bits per heavy atom. The SMILES string of the molecule is CCC/C=C(C)\C=C/N. The molecule has 0 aromatic rings. The predicted octanol–water partition coefficient (Wildman–Crippen LogP) is 2.21. The Morgan fingerprint density at radius 2 is 2.22 bits per heavy atom. The van der Waals surface area contributed by atoms with Crippen molar-refractivity contribution in [3.63, 3.8) is 0 Å². The van der Waals surface area contributed by atoms with E-state index < -0.39 is 0 Å². The quantitative estimate of drug-likeness (QED) is 0.575. The summed E-state index contributed by atoms with van der Waals surface area (Å²) in [6.45, 7) is 4.22. The first-order valence-corrected chi connectivity index (χ1v) is 3.36. The Morgan fingerprint density at radius 1 is 1.56 bits per heavy atom. The normalized spacial score (nSPS) is 12.9. The fourth-order valence-electron chi connectivity index (χ4n) is 0.592. The summed E-state index contributed by atoms with van der Waals surface area (Å²) in [6.07, 6.45) is 8.02. The van der Waals surface area contributed by atoms with Gasteiger partial charge in [-0.2, -0.15) is 0 Å². The second kappa shape index (κ2) is 5.42. The number of allylic oxidation sites excluding steroid dienone is 3. The van der Waals surface area contributed by atoms with Crippen molar-refractivity contribution in [3.05, 3.63) is 23.9 Å². The van der Waals surface area contributed by atoms with Crippen molar-refractivity contribution >= 4 is 0 Å². The largest absolute Gasteiger partial charge is 0.405 e. The van der Waals surface area contributed by atoms with E-state index >= 15 is 0 Å². The van der Waals surface area contributed by atoms with E-state index in [4.69, 9.17) is 5.73 Å². The zero-order valence-corrected chi connectivity index (χ0v) is 6.22. The zero-order chi connectivity index (χ0) is 7.11. The zero-order valence-electron chi connectivity index (χ0n) is 6.22. The number of hydrogen-bond donors (Lipinski definition) is 1. The second-order valence-electron chi connectivity index (χ2n) is 2.10. The van der Waals surface area contributed by atoms with Crippen molar-refractivity contribution in [1.82, 2.24) is 0 Å². The van der Waals surface area contributed by atoms with Crippen LogP contribution < -0.4 is 5.73 Å². The van der Waals surface area contributed by atoms with Gasteiger partial charge in [-0.05, 0) is 25.6 Å². The van der Waals surface area contributed by atoms with Crippen LogP contribution in [0.5, 0.6) is 0 Å². The van der Waals surface area contributed by atoms with Crippen molar-refractivity contribution in [2.24, 2.45) is 5.73 Å². The summed E-state index contributed by atoms with van der Waals surface area (Å²) in [5.74, 6) is 0. The van der Waals surface area contributed by atoms with Crippen LogP contribution in [0.2, 0.25) is 0 Å². The molecule has 0 spiro atoms. The van der Waals surface area contributed by atoms with Crippen molar-refractivity contribution in [2.75, 3.05) is 0 Å². The molecule has 0 aromatic heterocycles. The Balaban J connectivity index is 3.55. The average molecular weight is 125 g/mol. The van der Waals surface area contributed by atoms with Crippen molar-refractivity contribution in [2.45, 2.75) is 26.7 Å². The molecule has 0 aromatic carbocycles. The maximum absolute atomic E-state index is 5.18. The van der Waals surface area contributed by atoms with E-state index in [0.717, 1.165) is 6.42 Å². The molecule has 0 atom stereocenters. The molecule has 2 N–H and O–H groups in total. The minimum absolute atomic E-state index is 1.15. The third-order valence-corrected chi connectivity index (χ3v) is 1.11. The van der Waals surface area contributed by atoms with Crippen LogP contribution in [0.15, 0.2) is 23.9 Å². The van der Waals surface area contributed by atoms with Gasteiger partial charge in [0.1, 0.15) is 0 Å². The number of rotatable bonds is 3. The maximum Gasteiger partial charge on any atom is -0.00598 e. The predicted molar refractivity (Wildman–Crippen MR) is 42.0 cm³/mol. The molecule has 0 aliphatic heterocycles. The highest BCUT2D eigenvalue weighted by atomic mass is 14.5. The first kappa shape index (κ1) is 8.28. The van der Waals surface area contributed by atoms with Gasteiger partial charge in [0.15, 0.2) is 0 Å². The Kier molecular flexibility index (Phi) is 4.98. The fourth-order valence-corrected chi connectivity index (χ4v) is 0.592. The lowest BCUT2D eigenvalue weighted by Gasteiger charge is -1.88. The fraction of sp³-hybridized carbons (Fsp3) is 0.500. The molecule has 0 aliphatic carbocycles. The minimum Gasteiger partial charge on any atom is -0.405 e. The molecule has 1 nitrogen and oxygen atoms in total. The van der Waals surface area contributed by atoms with Crippen molar-refractivity contribution < 1.29 is 0 Å². The molecule has 9 heavy (non-hydrogen) atoms. The Bertz CT molecular complexity index is 112. The van der Waals surface area contributed by atoms with E-state index in [1.807, 2.05) is 6.08 Å². The highest BCUT2D eigenvalue weighted by Crippen LogP contribution is 1.97. The van der Waals surface area contributed by atoms with Crippen LogP contribution in [0, 0.1) is 0 Å². The van der Waals surface area contributed by atoms with E-state index in [0.29, 0.717) is 0 Å². The lowest BCUT2D eigenvalue weighted by Crippen LogP contribution is -1.77. The maximum atomic E-state index is 5.18. The van der Waals surface area contributed by atoms with E-state index in [1.54, 1.807) is 6.20 Å². The van der Waals surface area contributed by atoms with Gasteiger partial charge in [0.2, 0.25) is 0 Å². The molecule has 0 radical (unpaired) electrons. The van der Waals surface area contributed by atoms with Crippen LogP contribution in [-0.2, 0) is 0 Å². The molecule has 52 valence electrons. The molecule has 0 aliphatic rings. The van der Waals surface area contributed by atoms with Gasteiger partial charge in [-0.15, -0.1) is 0 Å². The monoisotopic (exact) mass is 125 g/mol. The number of hydrogen-bond acceptors (Lipinski definition) is 1. The summed E-state index contributed by atoms with van der Waals surface area (Å²) >= 11 is 0.